The summed E-state index contributed by atoms with van der Waals surface area (Å²) in [5.41, 5.74) is -1.12. The molecule has 188 valence electrons. The maximum absolute atomic E-state index is 12.7. The van der Waals surface area contributed by atoms with E-state index < -0.39 is 39.2 Å². The average molecular weight is 543 g/mol. The third-order valence-corrected chi connectivity index (χ3v) is 8.13. The number of aliphatic carboxylic acids is 1. The zero-order valence-electron chi connectivity index (χ0n) is 17.8. The van der Waals surface area contributed by atoms with Crippen LogP contribution in [0.15, 0.2) is 40.6 Å². The number of carboxylic acid groups (broad SMARTS) is 1. The van der Waals surface area contributed by atoms with Gasteiger partial charge in [-0.2, -0.15) is 17.9 Å². The maximum atomic E-state index is 12.7. The Labute approximate surface area is 203 Å². The Kier molecular flexibility index (Phi) is 9.88. The van der Waals surface area contributed by atoms with E-state index in [4.69, 9.17) is 0 Å². The molecule has 3 rings (SSSR count). The van der Waals surface area contributed by atoms with Crippen LogP contribution in [-0.4, -0.2) is 51.2 Å². The first kappa shape index (κ1) is 28.1. The summed E-state index contributed by atoms with van der Waals surface area (Å²) in [6.07, 6.45) is -3.37. The number of nitrogens with one attached hydrogen (secondary N) is 2. The summed E-state index contributed by atoms with van der Waals surface area (Å²) >= 11 is 5.47. The second-order valence-electron chi connectivity index (χ2n) is 7.16. The minimum absolute atomic E-state index is 0.0902. The van der Waals surface area contributed by atoms with Gasteiger partial charge < -0.3 is 15.2 Å². The van der Waals surface area contributed by atoms with E-state index in [1.807, 2.05) is 0 Å². The molecule has 0 amide bonds. The smallest absolute Gasteiger partial charge is 0.416 e. The van der Waals surface area contributed by atoms with Crippen LogP contribution in [-0.2, 0) is 25.7 Å². The Morgan fingerprint density at radius 1 is 1.18 bits per heavy atom. The molecule has 1 saturated heterocycles. The number of carbonyl (C=O) groups is 2. The van der Waals surface area contributed by atoms with Gasteiger partial charge in [0, 0.05) is 16.5 Å². The van der Waals surface area contributed by atoms with Gasteiger partial charge in [-0.25, -0.2) is 13.2 Å². The lowest BCUT2D eigenvalue weighted by Crippen LogP contribution is -2.48. The molecule has 2 aromatic rings. The maximum Gasteiger partial charge on any atom is 0.416 e. The second-order valence-corrected chi connectivity index (χ2v) is 10.5. The Bertz CT molecular complexity index is 1080. The number of ether oxygens (including phenoxy) is 1. The van der Waals surface area contributed by atoms with E-state index in [1.165, 1.54) is 31.4 Å². The number of carbonyl (C=O) groups excluding carboxylic acids is 1. The number of carboxylic acids is 1. The normalized spacial score (nSPS) is 15.7. The van der Waals surface area contributed by atoms with Gasteiger partial charge in [-0.3, -0.25) is 4.79 Å². The minimum Gasteiger partial charge on any atom is -0.480 e. The molecule has 3 N–H and O–H groups in total. The molecule has 0 saturated carbocycles. The van der Waals surface area contributed by atoms with Crippen LogP contribution < -0.4 is 10.0 Å². The number of hydrogen-bond donors (Lipinski definition) is 3. The van der Waals surface area contributed by atoms with Gasteiger partial charge in [-0.15, -0.1) is 11.3 Å². The first-order valence-corrected chi connectivity index (χ1v) is 12.5. The predicted molar refractivity (Wildman–Crippen MR) is 120 cm³/mol. The number of piperidine rings is 1. The van der Waals surface area contributed by atoms with E-state index in [2.05, 4.69) is 26.4 Å². The van der Waals surface area contributed by atoms with Gasteiger partial charge in [0.25, 0.3) is 10.0 Å². The number of methoxy groups -OCH3 is 1. The monoisotopic (exact) mass is 542 g/mol. The number of halogens is 4. The highest BCUT2D eigenvalue weighted by molar-refractivity contribution is 7.91. The number of alkyl halides is 3. The molecule has 1 aromatic carbocycles. The Balaban J connectivity index is 0.000000739. The SMILES string of the molecule is COC(=O)Cl.O=C(O)[C@H](NS(=O)(=O)c1ccc(-c2ccc(C(F)(F)F)cc2)s1)C1CCNCC1. The fourth-order valence-electron chi connectivity index (χ4n) is 3.19. The van der Waals surface area contributed by atoms with Crippen LogP contribution in [0.3, 0.4) is 0 Å². The fraction of sp³-hybridized carbons (Fsp3) is 0.400. The Morgan fingerprint density at radius 2 is 1.74 bits per heavy atom. The molecular formula is C20H22ClF3N2O6S2. The van der Waals surface area contributed by atoms with Crippen molar-refractivity contribution in [3.05, 3.63) is 42.0 Å². The lowest BCUT2D eigenvalue weighted by Gasteiger charge is -2.28. The van der Waals surface area contributed by atoms with Crippen LogP contribution >= 0.6 is 22.9 Å². The van der Waals surface area contributed by atoms with Gasteiger partial charge in [0.1, 0.15) is 10.3 Å². The molecule has 2 heterocycles. The van der Waals surface area contributed by atoms with Crippen molar-refractivity contribution < 1.29 is 41.0 Å². The van der Waals surface area contributed by atoms with Crippen LogP contribution in [0.5, 0.6) is 0 Å². The van der Waals surface area contributed by atoms with Crippen molar-refractivity contribution in [3.8, 4) is 10.4 Å². The summed E-state index contributed by atoms with van der Waals surface area (Å²) in [7, 11) is -2.87. The molecule has 0 aliphatic carbocycles. The third-order valence-electron chi connectivity index (χ3n) is 4.91. The zero-order valence-corrected chi connectivity index (χ0v) is 20.2. The molecule has 0 spiro atoms. The summed E-state index contributed by atoms with van der Waals surface area (Å²) in [6, 6.07) is 5.97. The predicted octanol–water partition coefficient (Wildman–Crippen LogP) is 4.16. The topological polar surface area (TPSA) is 122 Å². The highest BCUT2D eigenvalue weighted by atomic mass is 35.5. The summed E-state index contributed by atoms with van der Waals surface area (Å²) in [6.45, 7) is 1.24. The van der Waals surface area contributed by atoms with Crippen LogP contribution in [0.2, 0.25) is 0 Å². The van der Waals surface area contributed by atoms with Crippen molar-refractivity contribution >= 4 is 44.4 Å². The van der Waals surface area contributed by atoms with Crippen LogP contribution in [0.4, 0.5) is 18.0 Å². The first-order valence-electron chi connectivity index (χ1n) is 9.82. The van der Waals surface area contributed by atoms with Crippen molar-refractivity contribution in [1.29, 1.82) is 0 Å². The molecule has 1 aliphatic heterocycles. The van der Waals surface area contributed by atoms with E-state index in [-0.39, 0.29) is 10.1 Å². The van der Waals surface area contributed by atoms with Crippen molar-refractivity contribution in [2.75, 3.05) is 20.2 Å². The quantitative estimate of drug-likeness (QED) is 0.469. The van der Waals surface area contributed by atoms with Crippen LogP contribution in [0.1, 0.15) is 18.4 Å². The van der Waals surface area contributed by atoms with Crippen LogP contribution in [0, 0.1) is 5.92 Å². The van der Waals surface area contributed by atoms with Gasteiger partial charge in [0.05, 0.1) is 12.7 Å². The van der Waals surface area contributed by atoms with Crippen LogP contribution in [0.25, 0.3) is 10.4 Å². The fourth-order valence-corrected chi connectivity index (χ4v) is 5.78. The van der Waals surface area contributed by atoms with E-state index >= 15 is 0 Å². The summed E-state index contributed by atoms with van der Waals surface area (Å²) in [5.74, 6) is -1.56. The number of benzene rings is 1. The molecule has 8 nitrogen and oxygen atoms in total. The van der Waals surface area contributed by atoms with Crippen molar-refractivity contribution in [3.63, 3.8) is 0 Å². The minimum atomic E-state index is -4.45. The lowest BCUT2D eigenvalue weighted by molar-refractivity contribution is -0.140. The number of rotatable bonds is 6. The largest absolute Gasteiger partial charge is 0.480 e. The third kappa shape index (κ3) is 7.94. The van der Waals surface area contributed by atoms with E-state index in [1.54, 1.807) is 0 Å². The Morgan fingerprint density at radius 3 is 2.21 bits per heavy atom. The number of thiophene rings is 1. The molecule has 1 fully saturated rings. The molecule has 34 heavy (non-hydrogen) atoms. The van der Waals surface area contributed by atoms with Gasteiger partial charge >= 0.3 is 17.6 Å². The van der Waals surface area contributed by atoms with Gasteiger partial charge in [-0.05, 0) is 61.7 Å². The highest BCUT2D eigenvalue weighted by Crippen LogP contribution is 2.34. The zero-order chi connectivity index (χ0) is 25.5. The highest BCUT2D eigenvalue weighted by Gasteiger charge is 2.34. The molecule has 14 heteroatoms. The first-order chi connectivity index (χ1) is 15.8. The molecular weight excluding hydrogens is 521 g/mol. The van der Waals surface area contributed by atoms with E-state index in [9.17, 15) is 36.3 Å². The summed E-state index contributed by atoms with van der Waals surface area (Å²) in [5, 5.41) is 12.6. The molecule has 1 atom stereocenters. The van der Waals surface area contributed by atoms with Gasteiger partial charge in [-0.1, -0.05) is 12.1 Å². The molecule has 0 bridgehead atoms. The van der Waals surface area contributed by atoms with Crippen molar-refractivity contribution in [2.24, 2.45) is 5.92 Å². The van der Waals surface area contributed by atoms with Gasteiger partial charge in [0.2, 0.25) is 0 Å². The molecule has 0 radical (unpaired) electrons. The van der Waals surface area contributed by atoms with E-state index in [0.717, 1.165) is 23.5 Å². The molecule has 1 aromatic heterocycles. The average Bonchev–Trinajstić information content (AvgIpc) is 3.29. The molecule has 1 aliphatic rings. The van der Waals surface area contributed by atoms with Gasteiger partial charge in [0.15, 0.2) is 0 Å². The lowest BCUT2D eigenvalue weighted by atomic mass is 9.91. The van der Waals surface area contributed by atoms with E-state index in [0.29, 0.717) is 36.4 Å². The number of hydrogen-bond acceptors (Lipinski definition) is 7. The standard InChI is InChI=1S/C18H19F3N2O4S2.C2H3ClO2/c19-18(20,21)13-3-1-11(2-4-13)14-5-6-15(28-14)29(26,27)23-16(17(24)25)12-7-9-22-10-8-12;1-5-2(3)4/h1-6,12,16,22-23H,7-10H2,(H,24,25);1H3/t16-;/m1./s1. The number of sulfonamides is 1. The Hall–Kier alpha value is -2.19. The molecule has 0 unspecified atom stereocenters. The van der Waals surface area contributed by atoms with Crippen molar-refractivity contribution in [2.45, 2.75) is 29.3 Å². The second kappa shape index (κ2) is 12.0. The summed E-state index contributed by atoms with van der Waals surface area (Å²) in [4.78, 5) is 21.4. The summed E-state index contributed by atoms with van der Waals surface area (Å²) < 4.78 is 69.5. The van der Waals surface area contributed by atoms with Crippen molar-refractivity contribution in [1.82, 2.24) is 10.0 Å².